The van der Waals surface area contributed by atoms with E-state index in [0.29, 0.717) is 11.3 Å². The molecule has 0 spiro atoms. The molecule has 0 radical (unpaired) electrons. The number of carbonyl (C=O) groups is 3. The lowest BCUT2D eigenvalue weighted by molar-refractivity contribution is -0.122. The Labute approximate surface area is 192 Å². The molecule has 0 aromatic heterocycles. The van der Waals surface area contributed by atoms with Crippen LogP contribution in [0.5, 0.6) is 0 Å². The first-order valence-corrected chi connectivity index (χ1v) is 11.4. The summed E-state index contributed by atoms with van der Waals surface area (Å²) in [6, 6.07) is 23.2. The van der Waals surface area contributed by atoms with Gasteiger partial charge in [0.05, 0.1) is 17.5 Å². The maximum absolute atomic E-state index is 13.8. The minimum atomic E-state index is -0.406. The first-order chi connectivity index (χ1) is 16.0. The normalized spacial score (nSPS) is 24.5. The van der Waals surface area contributed by atoms with Gasteiger partial charge in [0, 0.05) is 23.4 Å². The second-order valence-corrected chi connectivity index (χ2v) is 9.45. The quantitative estimate of drug-likeness (QED) is 0.625. The highest BCUT2D eigenvalue weighted by atomic mass is 16.2. The Morgan fingerprint density at radius 1 is 0.727 bits per heavy atom. The molecule has 2 atom stereocenters. The van der Waals surface area contributed by atoms with Crippen molar-refractivity contribution in [2.75, 3.05) is 4.90 Å². The molecule has 0 unspecified atom stereocenters. The van der Waals surface area contributed by atoms with E-state index in [1.54, 1.807) is 24.3 Å². The van der Waals surface area contributed by atoms with Crippen molar-refractivity contribution < 1.29 is 14.4 Å². The predicted molar refractivity (Wildman–Crippen MR) is 125 cm³/mol. The van der Waals surface area contributed by atoms with Gasteiger partial charge in [0.15, 0.2) is 0 Å². The summed E-state index contributed by atoms with van der Waals surface area (Å²) in [6.45, 7) is 3.81. The minimum Gasteiger partial charge on any atom is -0.350 e. The van der Waals surface area contributed by atoms with Gasteiger partial charge in [0.2, 0.25) is 11.8 Å². The van der Waals surface area contributed by atoms with Crippen LogP contribution in [-0.2, 0) is 9.59 Å². The number of nitrogens with zero attached hydrogens (tertiary/aromatic N) is 1. The summed E-state index contributed by atoms with van der Waals surface area (Å²) < 4.78 is 0. The van der Waals surface area contributed by atoms with Crippen LogP contribution in [0, 0.1) is 11.8 Å². The number of hydrogen-bond donors (Lipinski definition) is 1. The Morgan fingerprint density at radius 3 is 1.55 bits per heavy atom. The largest absolute Gasteiger partial charge is 0.350 e. The Morgan fingerprint density at radius 2 is 1.15 bits per heavy atom. The van der Waals surface area contributed by atoms with Gasteiger partial charge in [-0.3, -0.25) is 14.4 Å². The third-order valence-corrected chi connectivity index (χ3v) is 7.26. The molecule has 5 nitrogen and oxygen atoms in total. The summed E-state index contributed by atoms with van der Waals surface area (Å²) in [5.74, 6) is -1.53. The molecule has 3 aliphatic carbocycles. The zero-order chi connectivity index (χ0) is 22.9. The van der Waals surface area contributed by atoms with Gasteiger partial charge >= 0.3 is 0 Å². The average Bonchev–Trinajstić information content (AvgIpc) is 3.09. The van der Waals surface area contributed by atoms with Crippen molar-refractivity contribution in [3.8, 4) is 0 Å². The molecule has 5 heteroatoms. The molecule has 3 amide bonds. The van der Waals surface area contributed by atoms with Crippen molar-refractivity contribution in [3.63, 3.8) is 0 Å². The van der Waals surface area contributed by atoms with Gasteiger partial charge in [-0.05, 0) is 60.4 Å². The maximum Gasteiger partial charge on any atom is 0.251 e. The molecule has 164 valence electrons. The van der Waals surface area contributed by atoms with E-state index < -0.39 is 11.8 Å². The first kappa shape index (κ1) is 19.9. The lowest BCUT2D eigenvalue weighted by atomic mass is 9.55. The van der Waals surface area contributed by atoms with E-state index in [9.17, 15) is 14.4 Å². The number of hydrogen-bond acceptors (Lipinski definition) is 3. The standard InChI is InChI=1S/C28H24N2O3/c1-15(2)29-26(31)16-11-13-17(14-12-16)30-27(32)24-22-18-7-3-4-8-19(18)23(25(24)28(30)33)21-10-6-5-9-20(21)22/h3-15,22-25H,1-2H3,(H,29,31)/t22?,23?,24-,25-/m1/s1. The number of carbonyl (C=O) groups excluding carboxylic acids is 3. The SMILES string of the molecule is CC(C)NC(=O)c1ccc(N2C(=O)[C@@H]3C4c5ccccc5C(c5ccccc54)[C@H]3C2=O)cc1. The Bertz CT molecular complexity index is 1200. The molecular formula is C28H24N2O3. The molecular weight excluding hydrogens is 412 g/mol. The fourth-order valence-electron chi connectivity index (χ4n) is 6.04. The molecule has 1 heterocycles. The first-order valence-electron chi connectivity index (χ1n) is 11.4. The minimum absolute atomic E-state index is 0.0285. The summed E-state index contributed by atoms with van der Waals surface area (Å²) in [5, 5.41) is 2.86. The van der Waals surface area contributed by atoms with Crippen molar-refractivity contribution in [3.05, 3.63) is 101 Å². The number of rotatable bonds is 3. The summed E-state index contributed by atoms with van der Waals surface area (Å²) in [6.07, 6.45) is 0. The van der Waals surface area contributed by atoms with E-state index in [2.05, 4.69) is 29.6 Å². The van der Waals surface area contributed by atoms with Crippen LogP contribution < -0.4 is 10.2 Å². The fraction of sp³-hybridized carbons (Fsp3) is 0.250. The second-order valence-electron chi connectivity index (χ2n) is 9.45. The van der Waals surface area contributed by atoms with Crippen LogP contribution in [0.4, 0.5) is 5.69 Å². The van der Waals surface area contributed by atoms with Crippen LogP contribution in [0.2, 0.25) is 0 Å². The fourth-order valence-corrected chi connectivity index (χ4v) is 6.04. The molecule has 33 heavy (non-hydrogen) atoms. The van der Waals surface area contributed by atoms with Gasteiger partial charge in [0.25, 0.3) is 5.91 Å². The predicted octanol–water partition coefficient (Wildman–Crippen LogP) is 4.22. The van der Waals surface area contributed by atoms with Crippen molar-refractivity contribution in [2.24, 2.45) is 11.8 Å². The summed E-state index contributed by atoms with van der Waals surface area (Å²) >= 11 is 0. The average molecular weight is 437 g/mol. The van der Waals surface area contributed by atoms with Gasteiger partial charge < -0.3 is 5.32 Å². The zero-order valence-electron chi connectivity index (χ0n) is 18.5. The van der Waals surface area contributed by atoms with Crippen molar-refractivity contribution in [2.45, 2.75) is 31.7 Å². The van der Waals surface area contributed by atoms with E-state index in [0.717, 1.165) is 22.3 Å². The Kier molecular flexibility index (Phi) is 4.31. The number of anilines is 1. The molecule has 7 rings (SSSR count). The molecule has 2 bridgehead atoms. The van der Waals surface area contributed by atoms with E-state index in [-0.39, 0.29) is 35.6 Å². The number of imide groups is 1. The molecule has 1 aliphatic heterocycles. The third kappa shape index (κ3) is 2.75. The maximum atomic E-state index is 13.8. The monoisotopic (exact) mass is 436 g/mol. The second kappa shape index (κ2) is 7.14. The van der Waals surface area contributed by atoms with Crippen molar-refractivity contribution in [1.29, 1.82) is 0 Å². The summed E-state index contributed by atoms with van der Waals surface area (Å²) in [5.41, 5.74) is 5.66. The molecule has 3 aromatic carbocycles. The van der Waals surface area contributed by atoms with Gasteiger partial charge in [-0.2, -0.15) is 0 Å². The molecule has 1 saturated heterocycles. The van der Waals surface area contributed by atoms with Crippen LogP contribution >= 0.6 is 0 Å². The van der Waals surface area contributed by atoms with Crippen LogP contribution in [0.25, 0.3) is 0 Å². The van der Waals surface area contributed by atoms with Gasteiger partial charge in [-0.15, -0.1) is 0 Å². The Hall–Kier alpha value is -3.73. The highest BCUT2D eigenvalue weighted by Gasteiger charge is 2.61. The van der Waals surface area contributed by atoms with Gasteiger partial charge in [-0.1, -0.05) is 48.5 Å². The number of amides is 3. The van der Waals surface area contributed by atoms with Gasteiger partial charge in [0.1, 0.15) is 0 Å². The number of benzene rings is 3. The molecule has 4 aliphatic rings. The lowest BCUT2D eigenvalue weighted by Gasteiger charge is -2.45. The molecule has 0 saturated carbocycles. The number of nitrogens with one attached hydrogen (secondary N) is 1. The molecule has 1 N–H and O–H groups in total. The van der Waals surface area contributed by atoms with E-state index in [4.69, 9.17) is 0 Å². The van der Waals surface area contributed by atoms with E-state index >= 15 is 0 Å². The smallest absolute Gasteiger partial charge is 0.251 e. The van der Waals surface area contributed by atoms with E-state index in [1.165, 1.54) is 4.90 Å². The van der Waals surface area contributed by atoms with Crippen LogP contribution in [-0.4, -0.2) is 23.8 Å². The van der Waals surface area contributed by atoms with E-state index in [1.807, 2.05) is 38.1 Å². The van der Waals surface area contributed by atoms with Crippen LogP contribution in [0.15, 0.2) is 72.8 Å². The van der Waals surface area contributed by atoms with Gasteiger partial charge in [-0.25, -0.2) is 4.90 Å². The highest BCUT2D eigenvalue weighted by Crippen LogP contribution is 2.61. The topological polar surface area (TPSA) is 66.5 Å². The summed E-state index contributed by atoms with van der Waals surface area (Å²) in [7, 11) is 0. The third-order valence-electron chi connectivity index (χ3n) is 7.26. The van der Waals surface area contributed by atoms with Crippen LogP contribution in [0.1, 0.15) is 58.3 Å². The summed E-state index contributed by atoms with van der Waals surface area (Å²) in [4.78, 5) is 41.2. The van der Waals surface area contributed by atoms with Crippen LogP contribution in [0.3, 0.4) is 0 Å². The van der Waals surface area contributed by atoms with Crippen molar-refractivity contribution in [1.82, 2.24) is 5.32 Å². The molecule has 3 aromatic rings. The molecule has 1 fully saturated rings. The Balaban J connectivity index is 1.41. The zero-order valence-corrected chi connectivity index (χ0v) is 18.5. The highest BCUT2D eigenvalue weighted by molar-refractivity contribution is 6.23. The van der Waals surface area contributed by atoms with Crippen molar-refractivity contribution >= 4 is 23.4 Å². The lowest BCUT2D eigenvalue weighted by Crippen LogP contribution is -2.41.